The SMILES string of the molecule is NC1(Cc2cc(Cl)ccc2Cl)CC2CC1C1CCCC21. The lowest BCUT2D eigenvalue weighted by Crippen LogP contribution is -2.51. The molecule has 3 aliphatic rings. The molecule has 2 N–H and O–H groups in total. The molecule has 1 aromatic rings. The van der Waals surface area contributed by atoms with E-state index in [1.165, 1.54) is 32.1 Å². The van der Waals surface area contributed by atoms with Gasteiger partial charge < -0.3 is 5.73 Å². The summed E-state index contributed by atoms with van der Waals surface area (Å²) in [5.74, 6) is 3.44. The van der Waals surface area contributed by atoms with Crippen molar-refractivity contribution in [2.24, 2.45) is 29.4 Å². The summed E-state index contributed by atoms with van der Waals surface area (Å²) >= 11 is 12.5. The highest BCUT2D eigenvalue weighted by Crippen LogP contribution is 2.62. The van der Waals surface area contributed by atoms with Crippen molar-refractivity contribution in [3.63, 3.8) is 0 Å². The summed E-state index contributed by atoms with van der Waals surface area (Å²) in [6, 6.07) is 5.75. The van der Waals surface area contributed by atoms with E-state index < -0.39 is 0 Å². The van der Waals surface area contributed by atoms with Crippen LogP contribution in [0.15, 0.2) is 18.2 Å². The van der Waals surface area contributed by atoms with Gasteiger partial charge in [0.15, 0.2) is 0 Å². The molecule has 108 valence electrons. The van der Waals surface area contributed by atoms with Gasteiger partial charge in [0.2, 0.25) is 0 Å². The average molecular weight is 310 g/mol. The van der Waals surface area contributed by atoms with Crippen LogP contribution in [0.5, 0.6) is 0 Å². The highest BCUT2D eigenvalue weighted by Gasteiger charge is 2.59. The first kappa shape index (κ1) is 13.4. The Morgan fingerprint density at radius 3 is 2.85 bits per heavy atom. The minimum atomic E-state index is -0.0511. The zero-order valence-corrected chi connectivity index (χ0v) is 13.1. The van der Waals surface area contributed by atoms with Crippen molar-refractivity contribution in [3.8, 4) is 0 Å². The fourth-order valence-electron chi connectivity index (χ4n) is 5.55. The van der Waals surface area contributed by atoms with E-state index in [9.17, 15) is 0 Å². The van der Waals surface area contributed by atoms with Crippen molar-refractivity contribution in [1.29, 1.82) is 0 Å². The molecule has 0 heterocycles. The molecular weight excluding hydrogens is 289 g/mol. The Hall–Kier alpha value is -0.240. The number of rotatable bonds is 2. The predicted molar refractivity (Wildman–Crippen MR) is 84.1 cm³/mol. The second-order valence-corrected chi connectivity index (χ2v) is 8.05. The van der Waals surface area contributed by atoms with Crippen molar-refractivity contribution < 1.29 is 0 Å². The van der Waals surface area contributed by atoms with E-state index in [4.69, 9.17) is 28.9 Å². The third kappa shape index (κ3) is 1.94. The third-order valence-electron chi connectivity index (χ3n) is 6.21. The number of hydrogen-bond donors (Lipinski definition) is 1. The van der Waals surface area contributed by atoms with Crippen LogP contribution in [-0.4, -0.2) is 5.54 Å². The van der Waals surface area contributed by atoms with Crippen molar-refractivity contribution in [1.82, 2.24) is 0 Å². The van der Waals surface area contributed by atoms with Crippen LogP contribution >= 0.6 is 23.2 Å². The monoisotopic (exact) mass is 309 g/mol. The zero-order chi connectivity index (χ0) is 13.9. The normalized spacial score (nSPS) is 42.1. The van der Waals surface area contributed by atoms with Crippen LogP contribution in [0.3, 0.4) is 0 Å². The first-order valence-corrected chi connectivity index (χ1v) is 8.55. The molecule has 4 rings (SSSR count). The van der Waals surface area contributed by atoms with Gasteiger partial charge in [0, 0.05) is 15.6 Å². The molecule has 20 heavy (non-hydrogen) atoms. The average Bonchev–Trinajstić information content (AvgIpc) is 3.04. The molecule has 0 radical (unpaired) electrons. The Morgan fingerprint density at radius 2 is 2.00 bits per heavy atom. The van der Waals surface area contributed by atoms with Gasteiger partial charge in [-0.15, -0.1) is 0 Å². The van der Waals surface area contributed by atoms with Crippen LogP contribution in [0.4, 0.5) is 0 Å². The third-order valence-corrected chi connectivity index (χ3v) is 6.82. The van der Waals surface area contributed by atoms with Crippen LogP contribution in [0.1, 0.15) is 37.7 Å². The summed E-state index contributed by atoms with van der Waals surface area (Å²) in [4.78, 5) is 0. The molecule has 1 aromatic carbocycles. The quantitative estimate of drug-likeness (QED) is 0.842. The molecule has 5 unspecified atom stereocenters. The molecule has 5 atom stereocenters. The highest BCUT2D eigenvalue weighted by atomic mass is 35.5. The van der Waals surface area contributed by atoms with Gasteiger partial charge in [0.25, 0.3) is 0 Å². The summed E-state index contributed by atoms with van der Waals surface area (Å²) in [6.45, 7) is 0. The molecule has 3 heteroatoms. The van der Waals surface area contributed by atoms with Crippen LogP contribution in [0.25, 0.3) is 0 Å². The Labute approximate surface area is 130 Å². The van der Waals surface area contributed by atoms with E-state index in [1.807, 2.05) is 18.2 Å². The number of benzene rings is 1. The minimum absolute atomic E-state index is 0.0511. The minimum Gasteiger partial charge on any atom is -0.325 e. The maximum absolute atomic E-state index is 6.85. The van der Waals surface area contributed by atoms with Gasteiger partial charge in [-0.1, -0.05) is 29.6 Å². The first-order chi connectivity index (χ1) is 9.57. The summed E-state index contributed by atoms with van der Waals surface area (Å²) in [5.41, 5.74) is 7.93. The standard InChI is InChI=1S/C17H21Cl2N/c18-12-4-5-16(19)11(6-12)9-17(20)8-10-7-15(17)14-3-1-2-13(10)14/h4-6,10,13-15H,1-3,7-9,20H2. The Bertz CT molecular complexity index is 544. The molecule has 0 amide bonds. The molecule has 0 aromatic heterocycles. The van der Waals surface area contributed by atoms with Gasteiger partial charge in [0.1, 0.15) is 0 Å². The lowest BCUT2D eigenvalue weighted by Gasteiger charge is -2.40. The van der Waals surface area contributed by atoms with Crippen LogP contribution in [0.2, 0.25) is 10.0 Å². The van der Waals surface area contributed by atoms with Gasteiger partial charge in [-0.25, -0.2) is 0 Å². The van der Waals surface area contributed by atoms with Crippen LogP contribution in [0, 0.1) is 23.7 Å². The number of nitrogens with two attached hydrogens (primary N) is 1. The maximum Gasteiger partial charge on any atom is 0.0439 e. The van der Waals surface area contributed by atoms with E-state index in [2.05, 4.69) is 0 Å². The molecule has 1 nitrogen and oxygen atoms in total. The molecule has 0 saturated heterocycles. The molecule has 2 bridgehead atoms. The molecule has 3 fully saturated rings. The topological polar surface area (TPSA) is 26.0 Å². The summed E-state index contributed by atoms with van der Waals surface area (Å²) in [7, 11) is 0. The van der Waals surface area contributed by atoms with Crippen LogP contribution < -0.4 is 5.73 Å². The zero-order valence-electron chi connectivity index (χ0n) is 11.6. The molecular formula is C17H21Cl2N. The first-order valence-electron chi connectivity index (χ1n) is 7.80. The maximum atomic E-state index is 6.85. The van der Waals surface area contributed by atoms with Crippen LogP contribution in [-0.2, 0) is 6.42 Å². The number of halogens is 2. The van der Waals surface area contributed by atoms with Gasteiger partial charge in [0.05, 0.1) is 0 Å². The van der Waals surface area contributed by atoms with Crippen molar-refractivity contribution in [2.75, 3.05) is 0 Å². The fourth-order valence-corrected chi connectivity index (χ4v) is 5.93. The fraction of sp³-hybridized carbons (Fsp3) is 0.647. The molecule has 0 spiro atoms. The second kappa shape index (κ2) is 4.63. The van der Waals surface area contributed by atoms with E-state index >= 15 is 0 Å². The number of hydrogen-bond acceptors (Lipinski definition) is 1. The van der Waals surface area contributed by atoms with Crippen molar-refractivity contribution in [2.45, 2.75) is 44.1 Å². The lowest BCUT2D eigenvalue weighted by atomic mass is 9.69. The molecule has 0 aliphatic heterocycles. The second-order valence-electron chi connectivity index (χ2n) is 7.21. The van der Waals surface area contributed by atoms with E-state index in [1.54, 1.807) is 0 Å². The molecule has 3 aliphatic carbocycles. The van der Waals surface area contributed by atoms with E-state index in [0.29, 0.717) is 5.92 Å². The Balaban J connectivity index is 1.61. The van der Waals surface area contributed by atoms with E-state index in [0.717, 1.165) is 39.8 Å². The summed E-state index contributed by atoms with van der Waals surface area (Å²) < 4.78 is 0. The molecule has 3 saturated carbocycles. The Kier molecular flexibility index (Phi) is 3.11. The largest absolute Gasteiger partial charge is 0.325 e. The summed E-state index contributed by atoms with van der Waals surface area (Å²) in [6.07, 6.45) is 7.67. The van der Waals surface area contributed by atoms with Gasteiger partial charge in [-0.05, 0) is 79.5 Å². The lowest BCUT2D eigenvalue weighted by molar-refractivity contribution is 0.156. The smallest absolute Gasteiger partial charge is 0.0439 e. The van der Waals surface area contributed by atoms with Gasteiger partial charge >= 0.3 is 0 Å². The predicted octanol–water partition coefficient (Wildman–Crippen LogP) is 4.69. The van der Waals surface area contributed by atoms with Crippen molar-refractivity contribution in [3.05, 3.63) is 33.8 Å². The highest BCUT2D eigenvalue weighted by molar-refractivity contribution is 6.33. The number of fused-ring (bicyclic) bond motifs is 5. The summed E-state index contributed by atoms with van der Waals surface area (Å²) in [5, 5.41) is 1.57. The van der Waals surface area contributed by atoms with E-state index in [-0.39, 0.29) is 5.54 Å². The van der Waals surface area contributed by atoms with Gasteiger partial charge in [-0.3, -0.25) is 0 Å². The van der Waals surface area contributed by atoms with Crippen molar-refractivity contribution >= 4 is 23.2 Å². The Morgan fingerprint density at radius 1 is 1.20 bits per heavy atom. The van der Waals surface area contributed by atoms with Gasteiger partial charge in [-0.2, -0.15) is 0 Å².